The molecular weight excluding hydrogens is 505 g/mol. The molecule has 1 aromatic carbocycles. The molecule has 2 rings (SSSR count). The van der Waals surface area contributed by atoms with E-state index in [1.54, 1.807) is 0 Å². The van der Waals surface area contributed by atoms with Crippen molar-refractivity contribution in [2.24, 2.45) is 10.9 Å². The van der Waals surface area contributed by atoms with Crippen molar-refractivity contribution in [3.8, 4) is 0 Å². The van der Waals surface area contributed by atoms with Crippen molar-refractivity contribution in [3.05, 3.63) is 29.8 Å². The van der Waals surface area contributed by atoms with Crippen molar-refractivity contribution in [2.45, 2.75) is 52.6 Å². The molecule has 8 heteroatoms. The quantitative estimate of drug-likeness (QED) is 0.261. The van der Waals surface area contributed by atoms with Gasteiger partial charge in [0.2, 0.25) is 0 Å². The fourth-order valence-electron chi connectivity index (χ4n) is 3.56. The molecule has 0 saturated carbocycles. The molecule has 1 saturated heterocycles. The monoisotopic (exact) mass is 545 g/mol. The number of likely N-dealkylation sites (tertiary alicyclic amines) is 1. The molecule has 0 aliphatic carbocycles. The Kier molecular flexibility index (Phi) is 12.2. The highest BCUT2D eigenvalue weighted by Crippen LogP contribution is 2.15. The lowest BCUT2D eigenvalue weighted by molar-refractivity contribution is 0.0636. The van der Waals surface area contributed by atoms with Crippen LogP contribution in [0.25, 0.3) is 0 Å². The second-order valence-electron chi connectivity index (χ2n) is 8.91. The topological polar surface area (TPSA) is 78.0 Å². The minimum Gasteiger partial charge on any atom is -0.444 e. The summed E-state index contributed by atoms with van der Waals surface area (Å²) in [5, 5.41) is 9.60. The molecule has 1 fully saturated rings. The molecule has 1 unspecified atom stereocenters. The standard InChI is InChI=1S/C23H39N5O2.HI/c1-6-14-28-15-12-19(17-28)16-26-21(24-5)25-13-11-18-7-9-20(10-8-18)27-22(29)30-23(2,3)4;/h7-10,19H,6,11-17H2,1-5H3,(H,27,29)(H2,24,25,26);1H. The number of nitrogens with zero attached hydrogens (tertiary/aromatic N) is 2. The van der Waals surface area contributed by atoms with Crippen LogP contribution < -0.4 is 16.0 Å². The van der Waals surface area contributed by atoms with Gasteiger partial charge in [0.25, 0.3) is 0 Å². The van der Waals surface area contributed by atoms with Gasteiger partial charge >= 0.3 is 6.09 Å². The molecule has 1 atom stereocenters. The van der Waals surface area contributed by atoms with Gasteiger partial charge in [-0.2, -0.15) is 0 Å². The SMILES string of the molecule is CCCN1CCC(CNC(=NC)NCCc2ccc(NC(=O)OC(C)(C)C)cc2)C1.I. The van der Waals surface area contributed by atoms with Gasteiger partial charge in [0.15, 0.2) is 5.96 Å². The number of halogens is 1. The Morgan fingerprint density at radius 3 is 2.55 bits per heavy atom. The van der Waals surface area contributed by atoms with Crippen LogP contribution in [0.1, 0.15) is 46.1 Å². The summed E-state index contributed by atoms with van der Waals surface area (Å²) in [6.45, 7) is 13.1. The molecule has 0 aromatic heterocycles. The number of nitrogens with one attached hydrogen (secondary N) is 3. The molecule has 0 spiro atoms. The highest BCUT2D eigenvalue weighted by molar-refractivity contribution is 14.0. The molecule has 1 heterocycles. The molecule has 0 bridgehead atoms. The number of aliphatic imine (C=N–C) groups is 1. The number of benzene rings is 1. The summed E-state index contributed by atoms with van der Waals surface area (Å²) < 4.78 is 5.27. The number of hydrogen-bond acceptors (Lipinski definition) is 4. The van der Waals surface area contributed by atoms with Gasteiger partial charge in [-0.25, -0.2) is 4.79 Å². The van der Waals surface area contributed by atoms with E-state index in [2.05, 4.69) is 32.8 Å². The van der Waals surface area contributed by atoms with Crippen LogP contribution >= 0.6 is 24.0 Å². The maximum atomic E-state index is 11.8. The number of anilines is 1. The molecule has 1 aliphatic rings. The first-order chi connectivity index (χ1) is 14.3. The lowest BCUT2D eigenvalue weighted by Gasteiger charge is -2.19. The summed E-state index contributed by atoms with van der Waals surface area (Å²) in [5.41, 5.74) is 1.42. The van der Waals surface area contributed by atoms with Crippen molar-refractivity contribution >= 4 is 41.7 Å². The van der Waals surface area contributed by atoms with Crippen LogP contribution in [0, 0.1) is 5.92 Å². The highest BCUT2D eigenvalue weighted by atomic mass is 127. The summed E-state index contributed by atoms with van der Waals surface area (Å²) >= 11 is 0. The molecule has 0 radical (unpaired) electrons. The highest BCUT2D eigenvalue weighted by Gasteiger charge is 2.21. The zero-order valence-corrected chi connectivity index (χ0v) is 22.0. The first-order valence-electron chi connectivity index (χ1n) is 11.0. The van der Waals surface area contributed by atoms with Crippen molar-refractivity contribution in [3.63, 3.8) is 0 Å². The Labute approximate surface area is 204 Å². The van der Waals surface area contributed by atoms with Gasteiger partial charge in [0.1, 0.15) is 5.60 Å². The fourth-order valence-corrected chi connectivity index (χ4v) is 3.56. The Bertz CT molecular complexity index is 688. The summed E-state index contributed by atoms with van der Waals surface area (Å²) in [6, 6.07) is 7.83. The molecule has 31 heavy (non-hydrogen) atoms. The minimum absolute atomic E-state index is 0. The summed E-state index contributed by atoms with van der Waals surface area (Å²) in [7, 11) is 1.81. The number of amides is 1. The minimum atomic E-state index is -0.505. The lowest BCUT2D eigenvalue weighted by Crippen LogP contribution is -2.41. The maximum absolute atomic E-state index is 11.8. The number of rotatable bonds is 8. The van der Waals surface area contributed by atoms with Crippen molar-refractivity contribution < 1.29 is 9.53 Å². The molecular formula is C23H40IN5O2. The van der Waals surface area contributed by atoms with E-state index in [-0.39, 0.29) is 24.0 Å². The molecule has 3 N–H and O–H groups in total. The van der Waals surface area contributed by atoms with E-state index in [1.165, 1.54) is 38.0 Å². The predicted molar refractivity (Wildman–Crippen MR) is 140 cm³/mol. The van der Waals surface area contributed by atoms with Crippen LogP contribution in [0.3, 0.4) is 0 Å². The van der Waals surface area contributed by atoms with E-state index < -0.39 is 11.7 Å². The maximum Gasteiger partial charge on any atom is 0.412 e. The van der Waals surface area contributed by atoms with E-state index in [1.807, 2.05) is 52.1 Å². The Hall–Kier alpha value is -1.55. The average molecular weight is 546 g/mol. The summed E-state index contributed by atoms with van der Waals surface area (Å²) in [4.78, 5) is 18.7. The third-order valence-corrected chi connectivity index (χ3v) is 5.00. The third-order valence-electron chi connectivity index (χ3n) is 5.00. The van der Waals surface area contributed by atoms with Crippen LogP contribution in [0.15, 0.2) is 29.3 Å². The normalized spacial score (nSPS) is 17.1. The largest absolute Gasteiger partial charge is 0.444 e. The number of hydrogen-bond donors (Lipinski definition) is 3. The smallest absolute Gasteiger partial charge is 0.412 e. The second-order valence-corrected chi connectivity index (χ2v) is 8.91. The number of carbonyl (C=O) groups is 1. The van der Waals surface area contributed by atoms with Crippen LogP contribution in [0.5, 0.6) is 0 Å². The van der Waals surface area contributed by atoms with E-state index in [0.717, 1.165) is 31.2 Å². The van der Waals surface area contributed by atoms with E-state index in [9.17, 15) is 4.79 Å². The predicted octanol–water partition coefficient (Wildman–Crippen LogP) is 4.09. The van der Waals surface area contributed by atoms with Gasteiger partial charge in [0, 0.05) is 32.4 Å². The van der Waals surface area contributed by atoms with Gasteiger partial charge in [-0.05, 0) is 76.7 Å². The fraction of sp³-hybridized carbons (Fsp3) is 0.652. The van der Waals surface area contributed by atoms with Crippen molar-refractivity contribution in [1.82, 2.24) is 15.5 Å². The van der Waals surface area contributed by atoms with Gasteiger partial charge in [-0.15, -0.1) is 24.0 Å². The molecule has 1 aromatic rings. The number of guanidine groups is 1. The van der Waals surface area contributed by atoms with Crippen LogP contribution in [0.4, 0.5) is 10.5 Å². The first kappa shape index (κ1) is 27.5. The Morgan fingerprint density at radius 2 is 1.94 bits per heavy atom. The Morgan fingerprint density at radius 1 is 1.23 bits per heavy atom. The molecule has 176 valence electrons. The summed E-state index contributed by atoms with van der Waals surface area (Å²) in [6.07, 6.45) is 2.92. The first-order valence-corrected chi connectivity index (χ1v) is 11.0. The molecule has 1 amide bonds. The Balaban J connectivity index is 0.00000480. The van der Waals surface area contributed by atoms with Crippen LogP contribution in [-0.2, 0) is 11.2 Å². The van der Waals surface area contributed by atoms with Gasteiger partial charge in [0.05, 0.1) is 0 Å². The van der Waals surface area contributed by atoms with Crippen LogP contribution in [0.2, 0.25) is 0 Å². The third kappa shape index (κ3) is 11.0. The average Bonchev–Trinajstić information content (AvgIpc) is 3.12. The van der Waals surface area contributed by atoms with Gasteiger partial charge in [-0.3, -0.25) is 10.3 Å². The van der Waals surface area contributed by atoms with E-state index in [4.69, 9.17) is 4.74 Å². The lowest BCUT2D eigenvalue weighted by atomic mass is 10.1. The van der Waals surface area contributed by atoms with Crippen LogP contribution in [-0.4, -0.2) is 62.3 Å². The van der Waals surface area contributed by atoms with Gasteiger partial charge < -0.3 is 20.3 Å². The molecule has 7 nitrogen and oxygen atoms in total. The number of ether oxygens (including phenoxy) is 1. The zero-order valence-electron chi connectivity index (χ0n) is 19.7. The van der Waals surface area contributed by atoms with E-state index in [0.29, 0.717) is 5.92 Å². The summed E-state index contributed by atoms with van der Waals surface area (Å²) in [5.74, 6) is 1.55. The molecule has 1 aliphatic heterocycles. The van der Waals surface area contributed by atoms with Gasteiger partial charge in [-0.1, -0.05) is 19.1 Å². The van der Waals surface area contributed by atoms with Crippen molar-refractivity contribution in [1.29, 1.82) is 0 Å². The number of carbonyl (C=O) groups excluding carboxylic acids is 1. The zero-order chi connectivity index (χ0) is 22.0. The van der Waals surface area contributed by atoms with E-state index >= 15 is 0 Å². The second kappa shape index (κ2) is 13.8. The van der Waals surface area contributed by atoms with Crippen molar-refractivity contribution in [2.75, 3.05) is 45.1 Å².